The predicted octanol–water partition coefficient (Wildman–Crippen LogP) is 0.179. The van der Waals surface area contributed by atoms with Crippen LogP contribution >= 0.6 is 0 Å². The van der Waals surface area contributed by atoms with Crippen molar-refractivity contribution in [2.24, 2.45) is 4.40 Å². The first-order valence-corrected chi connectivity index (χ1v) is 9.49. The summed E-state index contributed by atoms with van der Waals surface area (Å²) >= 11 is 0. The summed E-state index contributed by atoms with van der Waals surface area (Å²) in [5.74, 6) is -0.0411. The third kappa shape index (κ3) is 4.95. The molecule has 6 nitrogen and oxygen atoms in total. The van der Waals surface area contributed by atoms with Gasteiger partial charge in [0.2, 0.25) is 0 Å². The third-order valence-corrected chi connectivity index (χ3v) is 5.19. The van der Waals surface area contributed by atoms with E-state index < -0.39 is 15.9 Å². The van der Waals surface area contributed by atoms with Gasteiger partial charge in [-0.3, -0.25) is 0 Å². The Hall–Kier alpha value is -1.29. The van der Waals surface area contributed by atoms with Crippen molar-refractivity contribution in [2.75, 3.05) is 0 Å². The molecule has 0 saturated heterocycles. The van der Waals surface area contributed by atoms with E-state index in [1.807, 2.05) is 30.3 Å². The summed E-state index contributed by atoms with van der Waals surface area (Å²) in [5, 5.41) is 15.5. The molecule has 3 rings (SSSR count). The summed E-state index contributed by atoms with van der Waals surface area (Å²) in [6, 6.07) is 15.8. The fourth-order valence-corrected chi connectivity index (χ4v) is 3.53. The van der Waals surface area contributed by atoms with Gasteiger partial charge in [0.15, 0.2) is 0 Å². The molecule has 0 radical (unpaired) electrons. The molecule has 0 N–H and O–H groups in total. The van der Waals surface area contributed by atoms with Gasteiger partial charge in [-0.05, 0) is 36.9 Å². The number of aryl methyl sites for hydroxylation is 1. The fraction of sp³-hybridized carbons (Fsp3) is 0.158. The van der Waals surface area contributed by atoms with Gasteiger partial charge in [-0.25, -0.2) is 0 Å². The standard InChI is InChI=1S/C19H18N2O4S.K/c1-3-17(22)21-26(23,24)16-11-9-14(10-12-16)18-13(2)25-20-19(18)15-7-5-4-6-8-15;/h4-12H,3H2,1-2H3,(H,21,22);/q;+1/p-1. The Morgan fingerprint density at radius 3 is 2.30 bits per heavy atom. The maximum absolute atomic E-state index is 12.1. The first kappa shape index (κ1) is 22.0. The van der Waals surface area contributed by atoms with Crippen molar-refractivity contribution in [3.63, 3.8) is 0 Å². The second kappa shape index (κ2) is 9.27. The van der Waals surface area contributed by atoms with Gasteiger partial charge in [-0.2, -0.15) is 12.8 Å². The minimum atomic E-state index is -3.99. The average Bonchev–Trinajstić information content (AvgIpc) is 3.03. The molecule has 134 valence electrons. The molecule has 0 amide bonds. The minimum absolute atomic E-state index is 0. The second-order valence-electron chi connectivity index (χ2n) is 5.67. The summed E-state index contributed by atoms with van der Waals surface area (Å²) in [5.41, 5.74) is 3.15. The van der Waals surface area contributed by atoms with Gasteiger partial charge in [0.1, 0.15) is 11.5 Å². The molecule has 1 heterocycles. The number of hydrogen-bond donors (Lipinski definition) is 0. The van der Waals surface area contributed by atoms with Gasteiger partial charge in [-0.15, -0.1) is 0 Å². The van der Waals surface area contributed by atoms with Gasteiger partial charge in [0, 0.05) is 5.56 Å². The Balaban J connectivity index is 0.00000261. The van der Waals surface area contributed by atoms with Crippen molar-refractivity contribution in [1.29, 1.82) is 0 Å². The topological polar surface area (TPSA) is 95.6 Å². The van der Waals surface area contributed by atoms with E-state index >= 15 is 0 Å². The molecule has 0 unspecified atom stereocenters. The van der Waals surface area contributed by atoms with Crippen molar-refractivity contribution < 1.29 is 69.4 Å². The first-order valence-electron chi connectivity index (χ1n) is 8.05. The molecule has 8 heteroatoms. The molecule has 0 fully saturated rings. The zero-order valence-corrected chi connectivity index (χ0v) is 19.3. The third-order valence-electron chi connectivity index (χ3n) is 3.88. The van der Waals surface area contributed by atoms with Crippen LogP contribution in [0.5, 0.6) is 0 Å². The molecule has 0 aliphatic rings. The molecule has 27 heavy (non-hydrogen) atoms. The van der Waals surface area contributed by atoms with Crippen molar-refractivity contribution >= 4 is 15.9 Å². The second-order valence-corrected chi connectivity index (χ2v) is 7.27. The van der Waals surface area contributed by atoms with Crippen LogP contribution in [0.15, 0.2) is 68.4 Å². The molecule has 3 aromatic rings. The van der Waals surface area contributed by atoms with Crippen LogP contribution in [-0.2, 0) is 10.0 Å². The molecule has 0 spiro atoms. The molecule has 0 aliphatic heterocycles. The van der Waals surface area contributed by atoms with Crippen LogP contribution < -0.4 is 56.5 Å². The Labute approximate surface area is 200 Å². The molecular formula is C19H17KN2O4S. The molecule has 2 aromatic carbocycles. The summed E-state index contributed by atoms with van der Waals surface area (Å²) in [4.78, 5) is -0.0292. The fourth-order valence-electron chi connectivity index (χ4n) is 2.55. The Morgan fingerprint density at radius 1 is 1.07 bits per heavy atom. The van der Waals surface area contributed by atoms with E-state index in [0.717, 1.165) is 16.7 Å². The van der Waals surface area contributed by atoms with Gasteiger partial charge in [0.05, 0.1) is 10.5 Å². The Kier molecular flexibility index (Phi) is 7.55. The van der Waals surface area contributed by atoms with E-state index in [1.165, 1.54) is 12.1 Å². The number of rotatable bonds is 5. The van der Waals surface area contributed by atoms with Crippen LogP contribution in [0.25, 0.3) is 22.4 Å². The summed E-state index contributed by atoms with van der Waals surface area (Å²) < 4.78 is 32.9. The van der Waals surface area contributed by atoms with Crippen LogP contribution in [0.1, 0.15) is 19.1 Å². The zero-order chi connectivity index (χ0) is 18.7. The van der Waals surface area contributed by atoms with Crippen molar-refractivity contribution in [2.45, 2.75) is 25.2 Å². The number of hydrogen-bond acceptors (Lipinski definition) is 5. The van der Waals surface area contributed by atoms with E-state index in [0.29, 0.717) is 11.5 Å². The monoisotopic (exact) mass is 408 g/mol. The van der Waals surface area contributed by atoms with E-state index in [4.69, 9.17) is 4.52 Å². The largest absolute Gasteiger partial charge is 1.00 e. The van der Waals surface area contributed by atoms with E-state index in [-0.39, 0.29) is 62.7 Å². The van der Waals surface area contributed by atoms with E-state index in [1.54, 1.807) is 26.0 Å². The average molecular weight is 409 g/mol. The SMILES string of the molecule is CC/C([O-])=N/S(=O)(=O)c1ccc(-c2c(-c3ccccc3)noc2C)cc1.[K+]. The van der Waals surface area contributed by atoms with Gasteiger partial charge >= 0.3 is 51.4 Å². The summed E-state index contributed by atoms with van der Waals surface area (Å²) in [7, 11) is -3.99. The number of nitrogens with zero attached hydrogens (tertiary/aromatic N) is 2. The normalized spacial score (nSPS) is 11.9. The molecule has 1 aromatic heterocycles. The van der Waals surface area contributed by atoms with Crippen molar-refractivity contribution in [3.8, 4) is 22.4 Å². The zero-order valence-electron chi connectivity index (χ0n) is 15.3. The smallest absolute Gasteiger partial charge is 0.861 e. The van der Waals surface area contributed by atoms with Crippen molar-refractivity contribution in [1.82, 2.24) is 5.16 Å². The first-order chi connectivity index (χ1) is 12.4. The van der Waals surface area contributed by atoms with Crippen LogP contribution in [0.2, 0.25) is 0 Å². The summed E-state index contributed by atoms with van der Waals surface area (Å²) in [6.07, 6.45) is 0.0393. The van der Waals surface area contributed by atoms with Crippen molar-refractivity contribution in [3.05, 3.63) is 60.4 Å². The predicted molar refractivity (Wildman–Crippen MR) is 97.0 cm³/mol. The van der Waals surface area contributed by atoms with Gasteiger partial charge in [0.25, 0.3) is 10.0 Å². The van der Waals surface area contributed by atoms with Gasteiger partial charge in [-0.1, -0.05) is 54.5 Å². The minimum Gasteiger partial charge on any atom is -0.861 e. The molecule has 0 saturated carbocycles. The van der Waals surface area contributed by atoms with Gasteiger partial charge < -0.3 is 9.63 Å². The maximum atomic E-state index is 12.1. The molecule has 0 aliphatic carbocycles. The number of sulfonamides is 1. The van der Waals surface area contributed by atoms with Crippen LogP contribution in [0.3, 0.4) is 0 Å². The van der Waals surface area contributed by atoms with Crippen LogP contribution in [0, 0.1) is 6.92 Å². The molecule has 0 bridgehead atoms. The van der Waals surface area contributed by atoms with Crippen LogP contribution in [0.4, 0.5) is 0 Å². The molecule has 0 atom stereocenters. The van der Waals surface area contributed by atoms with E-state index in [9.17, 15) is 13.5 Å². The molecular weight excluding hydrogens is 391 g/mol. The number of benzene rings is 2. The quantitative estimate of drug-likeness (QED) is 0.341. The van der Waals surface area contributed by atoms with E-state index in [2.05, 4.69) is 9.55 Å². The summed E-state index contributed by atoms with van der Waals surface area (Å²) in [6.45, 7) is 3.36. The Morgan fingerprint density at radius 2 is 1.70 bits per heavy atom. The Bertz CT molecular complexity index is 1040. The number of aromatic nitrogens is 1. The maximum Gasteiger partial charge on any atom is 1.00 e. The van der Waals surface area contributed by atoms with Crippen LogP contribution in [-0.4, -0.2) is 19.5 Å².